The van der Waals surface area contributed by atoms with Crippen molar-refractivity contribution in [3.8, 4) is 0 Å². The lowest BCUT2D eigenvalue weighted by atomic mass is 10.2. The number of β-amino-alcohol motifs (C(OH)–C–C–N with tert-alkyl or cyclic N) is 2. The average Bonchev–Trinajstić information content (AvgIpc) is 2.59. The van der Waals surface area contributed by atoms with E-state index < -0.39 is 24.2 Å². The fourth-order valence-electron chi connectivity index (χ4n) is 2.11. The predicted octanol–water partition coefficient (Wildman–Crippen LogP) is -0.671. The van der Waals surface area contributed by atoms with Crippen LogP contribution in [-0.4, -0.2) is 75.0 Å². The lowest BCUT2D eigenvalue weighted by molar-refractivity contribution is -0.138. The van der Waals surface area contributed by atoms with E-state index in [0.717, 1.165) is 0 Å². The smallest absolute Gasteiger partial charge is 0.320 e. The van der Waals surface area contributed by atoms with Crippen LogP contribution in [0.1, 0.15) is 20.3 Å². The van der Waals surface area contributed by atoms with Gasteiger partial charge in [0.2, 0.25) is 0 Å². The van der Waals surface area contributed by atoms with Crippen LogP contribution < -0.4 is 0 Å². The van der Waals surface area contributed by atoms with E-state index in [-0.39, 0.29) is 25.5 Å². The molecule has 0 aromatic carbocycles. The summed E-state index contributed by atoms with van der Waals surface area (Å²) >= 11 is 0. The highest BCUT2D eigenvalue weighted by Crippen LogP contribution is 2.15. The normalized spacial score (nSPS) is 25.0. The first-order valence-electron chi connectivity index (χ1n) is 6.00. The van der Waals surface area contributed by atoms with Gasteiger partial charge in [-0.3, -0.25) is 4.79 Å². The maximum atomic E-state index is 12.1. The second-order valence-electron chi connectivity index (χ2n) is 4.56. The van der Waals surface area contributed by atoms with Crippen LogP contribution in [0, 0.1) is 0 Å². The van der Waals surface area contributed by atoms with E-state index in [9.17, 15) is 19.8 Å². The van der Waals surface area contributed by atoms with E-state index >= 15 is 0 Å². The van der Waals surface area contributed by atoms with Crippen molar-refractivity contribution >= 4 is 12.0 Å². The molecule has 1 aliphatic heterocycles. The number of carboxylic acids is 1. The van der Waals surface area contributed by atoms with Gasteiger partial charge in [0.05, 0.1) is 31.7 Å². The number of nitrogens with zero attached hydrogens (tertiary/aromatic N) is 2. The summed E-state index contributed by atoms with van der Waals surface area (Å²) in [5.41, 5.74) is 0. The summed E-state index contributed by atoms with van der Waals surface area (Å²) < 4.78 is 0. The van der Waals surface area contributed by atoms with Gasteiger partial charge in [0.25, 0.3) is 0 Å². The Kier molecular flexibility index (Phi) is 4.92. The zero-order chi connectivity index (χ0) is 13.9. The quantitative estimate of drug-likeness (QED) is 0.622. The number of rotatable bonds is 4. The Labute approximate surface area is 106 Å². The number of hydrogen-bond acceptors (Lipinski definition) is 4. The molecule has 0 radical (unpaired) electrons. The van der Waals surface area contributed by atoms with Crippen molar-refractivity contribution in [1.29, 1.82) is 0 Å². The molecule has 1 heterocycles. The van der Waals surface area contributed by atoms with Crippen molar-refractivity contribution in [3.63, 3.8) is 0 Å². The van der Waals surface area contributed by atoms with Gasteiger partial charge in [-0.25, -0.2) is 4.79 Å². The summed E-state index contributed by atoms with van der Waals surface area (Å²) in [5.74, 6) is -0.963. The SMILES string of the molecule is CCN(C(=O)N1CC(O)C(O)C1)C(C)CC(=O)O. The number of carbonyl (C=O) groups excluding carboxylic acids is 1. The Morgan fingerprint density at radius 2 is 1.83 bits per heavy atom. The number of carboxylic acid groups (broad SMARTS) is 1. The van der Waals surface area contributed by atoms with Crippen molar-refractivity contribution in [2.24, 2.45) is 0 Å². The third kappa shape index (κ3) is 3.33. The first kappa shape index (κ1) is 14.7. The molecule has 104 valence electrons. The predicted molar refractivity (Wildman–Crippen MR) is 63.1 cm³/mol. The molecule has 7 nitrogen and oxygen atoms in total. The number of hydrogen-bond donors (Lipinski definition) is 3. The highest BCUT2D eigenvalue weighted by Gasteiger charge is 2.35. The molecule has 7 heteroatoms. The van der Waals surface area contributed by atoms with Gasteiger partial charge in [0.15, 0.2) is 0 Å². The summed E-state index contributed by atoms with van der Waals surface area (Å²) in [5, 5.41) is 27.5. The van der Waals surface area contributed by atoms with Crippen molar-refractivity contribution in [3.05, 3.63) is 0 Å². The first-order valence-corrected chi connectivity index (χ1v) is 6.00. The first-order chi connectivity index (χ1) is 8.36. The van der Waals surface area contributed by atoms with Gasteiger partial charge < -0.3 is 25.1 Å². The standard InChI is InChI=1S/C11H20N2O5/c1-3-13(7(2)4-10(16)17)11(18)12-5-8(14)9(15)6-12/h7-9,14-15H,3-6H2,1-2H3,(H,16,17). The maximum Gasteiger partial charge on any atom is 0.320 e. The lowest BCUT2D eigenvalue weighted by Gasteiger charge is -2.31. The fraction of sp³-hybridized carbons (Fsp3) is 0.818. The van der Waals surface area contributed by atoms with E-state index in [0.29, 0.717) is 6.54 Å². The number of urea groups is 1. The molecule has 3 atom stereocenters. The van der Waals surface area contributed by atoms with Crippen molar-refractivity contribution in [2.75, 3.05) is 19.6 Å². The molecule has 0 bridgehead atoms. The number of aliphatic carboxylic acids is 1. The Hall–Kier alpha value is -1.34. The van der Waals surface area contributed by atoms with Crippen LogP contribution in [0.4, 0.5) is 4.79 Å². The zero-order valence-corrected chi connectivity index (χ0v) is 10.6. The van der Waals surface area contributed by atoms with Gasteiger partial charge in [0.1, 0.15) is 0 Å². The highest BCUT2D eigenvalue weighted by atomic mass is 16.4. The number of aliphatic hydroxyl groups is 2. The lowest BCUT2D eigenvalue weighted by Crippen LogP contribution is -2.47. The van der Waals surface area contributed by atoms with E-state index in [4.69, 9.17) is 5.11 Å². The van der Waals surface area contributed by atoms with Crippen LogP contribution in [0.25, 0.3) is 0 Å². The minimum absolute atomic E-state index is 0.0797. The minimum Gasteiger partial charge on any atom is -0.481 e. The second kappa shape index (κ2) is 6.01. The van der Waals surface area contributed by atoms with Gasteiger partial charge >= 0.3 is 12.0 Å². The zero-order valence-electron chi connectivity index (χ0n) is 10.6. The van der Waals surface area contributed by atoms with Crippen molar-refractivity contribution in [1.82, 2.24) is 9.80 Å². The summed E-state index contributed by atoms with van der Waals surface area (Å²) in [6, 6.07) is -0.767. The van der Waals surface area contributed by atoms with E-state index in [2.05, 4.69) is 0 Å². The summed E-state index contributed by atoms with van der Waals surface area (Å²) in [6.45, 7) is 3.97. The Morgan fingerprint density at radius 3 is 2.22 bits per heavy atom. The molecule has 0 spiro atoms. The van der Waals surface area contributed by atoms with Crippen LogP contribution >= 0.6 is 0 Å². The molecule has 0 aromatic rings. The molecule has 18 heavy (non-hydrogen) atoms. The van der Waals surface area contributed by atoms with Gasteiger partial charge in [-0.1, -0.05) is 0 Å². The minimum atomic E-state index is -0.963. The molecular formula is C11H20N2O5. The average molecular weight is 260 g/mol. The summed E-state index contributed by atoms with van der Waals surface area (Å²) in [6.07, 6.45) is -1.98. The maximum absolute atomic E-state index is 12.1. The molecule has 2 amide bonds. The molecule has 0 aliphatic carbocycles. The largest absolute Gasteiger partial charge is 0.481 e. The Balaban J connectivity index is 2.65. The van der Waals surface area contributed by atoms with E-state index in [1.165, 1.54) is 9.80 Å². The molecule has 1 saturated heterocycles. The van der Waals surface area contributed by atoms with Gasteiger partial charge in [-0.15, -0.1) is 0 Å². The van der Waals surface area contributed by atoms with E-state index in [1.807, 2.05) is 0 Å². The van der Waals surface area contributed by atoms with E-state index in [1.54, 1.807) is 13.8 Å². The van der Waals surface area contributed by atoms with Crippen LogP contribution in [0.15, 0.2) is 0 Å². The van der Waals surface area contributed by atoms with Crippen LogP contribution in [0.5, 0.6) is 0 Å². The number of carbonyl (C=O) groups is 2. The highest BCUT2D eigenvalue weighted by molar-refractivity contribution is 5.76. The van der Waals surface area contributed by atoms with Crippen LogP contribution in [0.2, 0.25) is 0 Å². The molecule has 1 rings (SSSR count). The number of amides is 2. The van der Waals surface area contributed by atoms with Gasteiger partial charge in [-0.05, 0) is 13.8 Å². The van der Waals surface area contributed by atoms with Crippen molar-refractivity contribution in [2.45, 2.75) is 38.5 Å². The monoisotopic (exact) mass is 260 g/mol. The topological polar surface area (TPSA) is 101 Å². The molecule has 1 fully saturated rings. The Morgan fingerprint density at radius 1 is 1.33 bits per heavy atom. The second-order valence-corrected chi connectivity index (χ2v) is 4.56. The molecule has 1 aliphatic rings. The van der Waals surface area contributed by atoms with Crippen LogP contribution in [-0.2, 0) is 4.79 Å². The van der Waals surface area contributed by atoms with Crippen molar-refractivity contribution < 1.29 is 24.9 Å². The number of aliphatic hydroxyl groups excluding tert-OH is 2. The molecule has 0 aromatic heterocycles. The molecule has 0 saturated carbocycles. The third-order valence-electron chi connectivity index (χ3n) is 3.12. The molecular weight excluding hydrogens is 240 g/mol. The summed E-state index contributed by atoms with van der Waals surface area (Å²) in [4.78, 5) is 25.5. The summed E-state index contributed by atoms with van der Waals surface area (Å²) in [7, 11) is 0. The Bertz CT molecular complexity index is 313. The van der Waals surface area contributed by atoms with Gasteiger partial charge in [0, 0.05) is 12.6 Å². The number of likely N-dealkylation sites (tertiary alicyclic amines) is 1. The molecule has 3 unspecified atom stereocenters. The van der Waals surface area contributed by atoms with Crippen LogP contribution in [0.3, 0.4) is 0 Å². The van der Waals surface area contributed by atoms with Gasteiger partial charge in [-0.2, -0.15) is 0 Å². The fourth-order valence-corrected chi connectivity index (χ4v) is 2.11. The third-order valence-corrected chi connectivity index (χ3v) is 3.12. The molecule has 3 N–H and O–H groups in total.